The standard InChI is InChI=1S/C18H25NO2/c1-13(18-10-14-6-4-5-9-17(14)21-18)19-11-15-7-2-3-8-16(15)12-20/h4-6,9-10,13,15-16,19-20H,2-3,7-8,11-12H2,1H3. The molecule has 2 aromatic rings. The van der Waals surface area contributed by atoms with Gasteiger partial charge in [-0.3, -0.25) is 0 Å². The summed E-state index contributed by atoms with van der Waals surface area (Å²) in [6.45, 7) is 3.43. The molecule has 1 aromatic heterocycles. The molecule has 1 fully saturated rings. The van der Waals surface area contributed by atoms with Gasteiger partial charge in [0.15, 0.2) is 0 Å². The normalized spacial score (nSPS) is 24.3. The van der Waals surface area contributed by atoms with Crippen LogP contribution >= 0.6 is 0 Å². The van der Waals surface area contributed by atoms with Crippen molar-refractivity contribution in [3.05, 3.63) is 36.1 Å². The van der Waals surface area contributed by atoms with Crippen molar-refractivity contribution in [2.75, 3.05) is 13.2 Å². The van der Waals surface area contributed by atoms with E-state index in [-0.39, 0.29) is 6.04 Å². The highest BCUT2D eigenvalue weighted by atomic mass is 16.3. The molecule has 2 N–H and O–H groups in total. The summed E-state index contributed by atoms with van der Waals surface area (Å²) < 4.78 is 5.91. The van der Waals surface area contributed by atoms with Crippen LogP contribution in [-0.2, 0) is 0 Å². The quantitative estimate of drug-likeness (QED) is 0.877. The highest BCUT2D eigenvalue weighted by Crippen LogP contribution is 2.30. The van der Waals surface area contributed by atoms with Crippen molar-refractivity contribution in [1.29, 1.82) is 0 Å². The zero-order valence-electron chi connectivity index (χ0n) is 12.7. The summed E-state index contributed by atoms with van der Waals surface area (Å²) in [4.78, 5) is 0. The number of hydrogen-bond acceptors (Lipinski definition) is 3. The van der Waals surface area contributed by atoms with Crippen molar-refractivity contribution in [1.82, 2.24) is 5.32 Å². The summed E-state index contributed by atoms with van der Waals surface area (Å²) >= 11 is 0. The van der Waals surface area contributed by atoms with Crippen LogP contribution in [0.2, 0.25) is 0 Å². The Balaban J connectivity index is 1.61. The van der Waals surface area contributed by atoms with Crippen LogP contribution in [-0.4, -0.2) is 18.3 Å². The van der Waals surface area contributed by atoms with E-state index in [1.54, 1.807) is 0 Å². The molecule has 1 saturated carbocycles. The van der Waals surface area contributed by atoms with Crippen LogP contribution in [0.1, 0.15) is 44.4 Å². The molecule has 0 amide bonds. The summed E-state index contributed by atoms with van der Waals surface area (Å²) in [5.74, 6) is 2.05. The lowest BCUT2D eigenvalue weighted by Gasteiger charge is -2.31. The predicted molar refractivity (Wildman–Crippen MR) is 85.2 cm³/mol. The Morgan fingerprint density at radius 3 is 2.76 bits per heavy atom. The van der Waals surface area contributed by atoms with Crippen LogP contribution < -0.4 is 5.32 Å². The van der Waals surface area contributed by atoms with Gasteiger partial charge in [-0.1, -0.05) is 31.0 Å². The van der Waals surface area contributed by atoms with E-state index in [0.29, 0.717) is 18.4 Å². The number of furan rings is 1. The van der Waals surface area contributed by atoms with Gasteiger partial charge in [0, 0.05) is 12.0 Å². The molecule has 21 heavy (non-hydrogen) atoms. The molecule has 1 heterocycles. The average Bonchev–Trinajstić information content (AvgIpc) is 2.97. The molecule has 114 valence electrons. The third-order valence-corrected chi connectivity index (χ3v) is 4.86. The van der Waals surface area contributed by atoms with Gasteiger partial charge in [0.2, 0.25) is 0 Å². The van der Waals surface area contributed by atoms with Crippen molar-refractivity contribution < 1.29 is 9.52 Å². The van der Waals surface area contributed by atoms with Gasteiger partial charge in [-0.15, -0.1) is 0 Å². The van der Waals surface area contributed by atoms with Gasteiger partial charge < -0.3 is 14.8 Å². The SMILES string of the molecule is CC(NCC1CCCCC1CO)c1cc2ccccc2o1. The van der Waals surface area contributed by atoms with E-state index < -0.39 is 0 Å². The highest BCUT2D eigenvalue weighted by Gasteiger charge is 2.25. The van der Waals surface area contributed by atoms with Crippen LogP contribution in [0.25, 0.3) is 11.0 Å². The van der Waals surface area contributed by atoms with E-state index in [0.717, 1.165) is 23.3 Å². The lowest BCUT2D eigenvalue weighted by molar-refractivity contribution is 0.131. The zero-order chi connectivity index (χ0) is 14.7. The number of aliphatic hydroxyl groups is 1. The minimum atomic E-state index is 0.207. The number of benzene rings is 1. The Morgan fingerprint density at radius 2 is 2.00 bits per heavy atom. The van der Waals surface area contributed by atoms with E-state index in [1.807, 2.05) is 18.2 Å². The summed E-state index contributed by atoms with van der Waals surface area (Å²) in [6, 6.07) is 10.5. The molecule has 1 aromatic carbocycles. The van der Waals surface area contributed by atoms with Gasteiger partial charge in [-0.2, -0.15) is 0 Å². The summed E-state index contributed by atoms with van der Waals surface area (Å²) in [5.41, 5.74) is 0.951. The summed E-state index contributed by atoms with van der Waals surface area (Å²) in [7, 11) is 0. The van der Waals surface area contributed by atoms with E-state index in [9.17, 15) is 5.11 Å². The Labute approximate surface area is 126 Å². The minimum Gasteiger partial charge on any atom is -0.459 e. The Hall–Kier alpha value is -1.32. The molecule has 0 aliphatic heterocycles. The second-order valence-corrected chi connectivity index (χ2v) is 6.30. The topological polar surface area (TPSA) is 45.4 Å². The molecule has 3 unspecified atom stereocenters. The van der Waals surface area contributed by atoms with Crippen molar-refractivity contribution in [2.24, 2.45) is 11.8 Å². The van der Waals surface area contributed by atoms with Gasteiger partial charge in [0.05, 0.1) is 6.04 Å². The van der Waals surface area contributed by atoms with Crippen LogP contribution in [0.15, 0.2) is 34.7 Å². The van der Waals surface area contributed by atoms with Crippen molar-refractivity contribution in [3.8, 4) is 0 Å². The van der Waals surface area contributed by atoms with Gasteiger partial charge >= 0.3 is 0 Å². The second kappa shape index (κ2) is 6.63. The van der Waals surface area contributed by atoms with Crippen molar-refractivity contribution in [3.63, 3.8) is 0 Å². The fourth-order valence-electron chi connectivity index (χ4n) is 3.44. The first-order chi connectivity index (χ1) is 10.3. The van der Waals surface area contributed by atoms with Crippen LogP contribution in [0.4, 0.5) is 0 Å². The number of rotatable bonds is 5. The van der Waals surface area contributed by atoms with Crippen LogP contribution in [0.5, 0.6) is 0 Å². The summed E-state index contributed by atoms with van der Waals surface area (Å²) in [6.07, 6.45) is 4.95. The number of fused-ring (bicyclic) bond motifs is 1. The maximum Gasteiger partial charge on any atom is 0.134 e. The monoisotopic (exact) mass is 287 g/mol. The Bertz CT molecular complexity index is 544. The second-order valence-electron chi connectivity index (χ2n) is 6.30. The Morgan fingerprint density at radius 1 is 1.24 bits per heavy atom. The molecule has 3 nitrogen and oxygen atoms in total. The fraction of sp³-hybridized carbons (Fsp3) is 0.556. The average molecular weight is 287 g/mol. The smallest absolute Gasteiger partial charge is 0.134 e. The van der Waals surface area contributed by atoms with E-state index in [1.165, 1.54) is 25.7 Å². The van der Waals surface area contributed by atoms with E-state index >= 15 is 0 Å². The molecule has 1 aliphatic rings. The molecular weight excluding hydrogens is 262 g/mol. The maximum atomic E-state index is 9.49. The van der Waals surface area contributed by atoms with Gasteiger partial charge in [0.1, 0.15) is 11.3 Å². The van der Waals surface area contributed by atoms with Crippen molar-refractivity contribution in [2.45, 2.75) is 38.6 Å². The molecule has 0 bridgehead atoms. The highest BCUT2D eigenvalue weighted by molar-refractivity contribution is 5.77. The number of nitrogens with one attached hydrogen (secondary N) is 1. The first kappa shape index (κ1) is 14.6. The third-order valence-electron chi connectivity index (χ3n) is 4.86. The molecule has 0 saturated heterocycles. The molecule has 3 rings (SSSR count). The van der Waals surface area contributed by atoms with Gasteiger partial charge in [-0.05, 0) is 50.3 Å². The minimum absolute atomic E-state index is 0.207. The Kier molecular flexibility index (Phi) is 4.61. The molecular formula is C18H25NO2. The molecule has 0 spiro atoms. The van der Waals surface area contributed by atoms with Crippen LogP contribution in [0.3, 0.4) is 0 Å². The predicted octanol–water partition coefficient (Wildman–Crippen LogP) is 3.88. The molecule has 0 radical (unpaired) electrons. The number of hydrogen-bond donors (Lipinski definition) is 2. The first-order valence-corrected chi connectivity index (χ1v) is 8.10. The van der Waals surface area contributed by atoms with Gasteiger partial charge in [-0.25, -0.2) is 0 Å². The zero-order valence-corrected chi connectivity index (χ0v) is 12.7. The van der Waals surface area contributed by atoms with Crippen LogP contribution in [0, 0.1) is 11.8 Å². The lowest BCUT2D eigenvalue weighted by atomic mass is 9.79. The number of aliphatic hydroxyl groups excluding tert-OH is 1. The molecule has 3 heteroatoms. The lowest BCUT2D eigenvalue weighted by Crippen LogP contribution is -2.33. The third kappa shape index (κ3) is 3.30. The van der Waals surface area contributed by atoms with Gasteiger partial charge in [0.25, 0.3) is 0 Å². The molecule has 1 aliphatic carbocycles. The largest absolute Gasteiger partial charge is 0.459 e. The van der Waals surface area contributed by atoms with E-state index in [2.05, 4.69) is 24.4 Å². The first-order valence-electron chi connectivity index (χ1n) is 8.10. The number of para-hydroxylation sites is 1. The fourth-order valence-corrected chi connectivity index (χ4v) is 3.44. The van der Waals surface area contributed by atoms with Crippen molar-refractivity contribution >= 4 is 11.0 Å². The van der Waals surface area contributed by atoms with E-state index in [4.69, 9.17) is 4.42 Å². The maximum absolute atomic E-state index is 9.49. The molecule has 3 atom stereocenters. The summed E-state index contributed by atoms with van der Waals surface area (Å²) in [5, 5.41) is 14.2.